The lowest BCUT2D eigenvalue weighted by molar-refractivity contribution is -0.385. The third-order valence-electron chi connectivity index (χ3n) is 2.83. The van der Waals surface area contributed by atoms with Crippen molar-refractivity contribution in [2.75, 3.05) is 18.5 Å². The van der Waals surface area contributed by atoms with Gasteiger partial charge in [-0.05, 0) is 0 Å². The minimum atomic E-state index is -1.04. The summed E-state index contributed by atoms with van der Waals surface area (Å²) in [5.74, 6) is -2.46. The van der Waals surface area contributed by atoms with Crippen molar-refractivity contribution in [2.45, 2.75) is 0 Å². The normalized spacial score (nSPS) is 14.3. The summed E-state index contributed by atoms with van der Waals surface area (Å²) in [4.78, 5) is 34.0. The second-order valence-corrected chi connectivity index (χ2v) is 4.65. The summed E-state index contributed by atoms with van der Waals surface area (Å²) in [5, 5.41) is 21.4. The number of carbonyl (C=O) groups excluding carboxylic acids is 2. The van der Waals surface area contributed by atoms with Crippen molar-refractivity contribution in [1.29, 1.82) is 0 Å². The number of amides is 2. The molecule has 0 bridgehead atoms. The van der Waals surface area contributed by atoms with Crippen LogP contribution in [0.5, 0.6) is 0 Å². The van der Waals surface area contributed by atoms with Crippen LogP contribution in [-0.2, 0) is 9.59 Å². The highest BCUT2D eigenvalue weighted by Crippen LogP contribution is 2.31. The van der Waals surface area contributed by atoms with E-state index in [1.54, 1.807) is 0 Å². The van der Waals surface area contributed by atoms with E-state index < -0.39 is 34.8 Å². The number of anilines is 1. The molecule has 2 N–H and O–H groups in total. The monoisotopic (exact) mass is 329 g/mol. The Morgan fingerprint density at radius 1 is 1.41 bits per heavy atom. The molecular formula is C12H9ClFN3O5. The van der Waals surface area contributed by atoms with Gasteiger partial charge in [0.1, 0.15) is 5.70 Å². The Labute approximate surface area is 127 Å². The van der Waals surface area contributed by atoms with Crippen molar-refractivity contribution in [3.63, 3.8) is 0 Å². The molecule has 2 amide bonds. The molecule has 116 valence electrons. The van der Waals surface area contributed by atoms with Gasteiger partial charge in [-0.2, -0.15) is 0 Å². The quantitative estimate of drug-likeness (QED) is 0.474. The zero-order chi connectivity index (χ0) is 16.4. The van der Waals surface area contributed by atoms with Crippen LogP contribution in [0.4, 0.5) is 15.8 Å². The first kappa shape index (κ1) is 15.9. The average Bonchev–Trinajstić information content (AvgIpc) is 2.70. The lowest BCUT2D eigenvalue weighted by Crippen LogP contribution is -2.34. The number of aliphatic hydroxyl groups is 1. The van der Waals surface area contributed by atoms with E-state index in [1.807, 2.05) is 0 Å². The van der Waals surface area contributed by atoms with Gasteiger partial charge >= 0.3 is 0 Å². The Morgan fingerprint density at radius 2 is 2.09 bits per heavy atom. The molecule has 1 aromatic carbocycles. The van der Waals surface area contributed by atoms with Crippen LogP contribution in [0.3, 0.4) is 0 Å². The first-order valence-corrected chi connectivity index (χ1v) is 6.31. The van der Waals surface area contributed by atoms with Gasteiger partial charge in [0, 0.05) is 12.1 Å². The van der Waals surface area contributed by atoms with Gasteiger partial charge in [0.05, 0.1) is 34.9 Å². The fraction of sp³-hybridized carbons (Fsp3) is 0.167. The fourth-order valence-electron chi connectivity index (χ4n) is 1.83. The Balaban J connectivity index is 2.29. The molecule has 0 spiro atoms. The Kier molecular flexibility index (Phi) is 4.38. The lowest BCUT2D eigenvalue weighted by atomic mass is 10.2. The van der Waals surface area contributed by atoms with Crippen LogP contribution in [0.15, 0.2) is 23.9 Å². The molecule has 1 aliphatic heterocycles. The van der Waals surface area contributed by atoms with E-state index in [2.05, 4.69) is 5.32 Å². The molecule has 0 aliphatic carbocycles. The number of benzene rings is 1. The highest BCUT2D eigenvalue weighted by molar-refractivity contribution is 6.33. The van der Waals surface area contributed by atoms with Crippen LogP contribution < -0.4 is 5.32 Å². The van der Waals surface area contributed by atoms with E-state index in [9.17, 15) is 24.1 Å². The van der Waals surface area contributed by atoms with Gasteiger partial charge in [-0.15, -0.1) is 0 Å². The minimum Gasteiger partial charge on any atom is -0.395 e. The zero-order valence-electron chi connectivity index (χ0n) is 10.9. The van der Waals surface area contributed by atoms with E-state index in [-0.39, 0.29) is 23.0 Å². The van der Waals surface area contributed by atoms with Crippen LogP contribution in [0.2, 0.25) is 5.02 Å². The number of nitro benzene ring substituents is 1. The summed E-state index contributed by atoms with van der Waals surface area (Å²) in [6.45, 7) is -0.610. The molecule has 0 saturated heterocycles. The van der Waals surface area contributed by atoms with E-state index in [0.29, 0.717) is 6.07 Å². The van der Waals surface area contributed by atoms with Gasteiger partial charge in [-0.3, -0.25) is 24.6 Å². The van der Waals surface area contributed by atoms with Crippen LogP contribution in [0.1, 0.15) is 0 Å². The maximum absolute atomic E-state index is 13.9. The van der Waals surface area contributed by atoms with Crippen molar-refractivity contribution in [2.24, 2.45) is 0 Å². The number of hydrogen-bond acceptors (Lipinski definition) is 6. The molecule has 0 unspecified atom stereocenters. The molecule has 2 rings (SSSR count). The lowest BCUT2D eigenvalue weighted by Gasteiger charge is -2.14. The number of hydrogen-bond donors (Lipinski definition) is 2. The number of β-amino-alcohol motifs (C(OH)–C–C–N with tert-alkyl or cyclic N) is 1. The van der Waals surface area contributed by atoms with Gasteiger partial charge in [-0.1, -0.05) is 11.6 Å². The zero-order valence-corrected chi connectivity index (χ0v) is 11.6. The van der Waals surface area contributed by atoms with Crippen molar-refractivity contribution >= 4 is 34.8 Å². The molecule has 1 aromatic rings. The molecule has 0 aromatic heterocycles. The molecule has 0 radical (unpaired) electrons. The molecule has 0 fully saturated rings. The summed E-state index contributed by atoms with van der Waals surface area (Å²) in [6, 6.07) is 1.56. The molecule has 10 heteroatoms. The number of nitrogens with one attached hydrogen (secondary N) is 1. The number of halogens is 2. The Morgan fingerprint density at radius 3 is 2.64 bits per heavy atom. The first-order chi connectivity index (χ1) is 10.3. The fourth-order valence-corrected chi connectivity index (χ4v) is 2.08. The van der Waals surface area contributed by atoms with Gasteiger partial charge < -0.3 is 10.4 Å². The summed E-state index contributed by atoms with van der Waals surface area (Å²) in [7, 11) is 0. The van der Waals surface area contributed by atoms with Crippen molar-refractivity contribution < 1.29 is 24.0 Å². The van der Waals surface area contributed by atoms with E-state index >= 15 is 0 Å². The summed E-state index contributed by atoms with van der Waals surface area (Å²) in [5.41, 5.74) is -1.14. The third-order valence-corrected chi connectivity index (χ3v) is 3.13. The van der Waals surface area contributed by atoms with Gasteiger partial charge in [-0.25, -0.2) is 4.39 Å². The molecule has 22 heavy (non-hydrogen) atoms. The number of imide groups is 1. The molecule has 8 nitrogen and oxygen atoms in total. The second-order valence-electron chi connectivity index (χ2n) is 4.24. The summed E-state index contributed by atoms with van der Waals surface area (Å²) < 4.78 is 13.9. The first-order valence-electron chi connectivity index (χ1n) is 5.94. The largest absolute Gasteiger partial charge is 0.395 e. The highest BCUT2D eigenvalue weighted by atomic mass is 35.5. The number of carbonyl (C=O) groups is 2. The predicted octanol–water partition coefficient (Wildman–Crippen LogP) is 1.04. The van der Waals surface area contributed by atoms with Gasteiger partial charge in [0.2, 0.25) is 0 Å². The van der Waals surface area contributed by atoms with Crippen LogP contribution >= 0.6 is 11.6 Å². The third kappa shape index (κ3) is 2.90. The van der Waals surface area contributed by atoms with Gasteiger partial charge in [0.15, 0.2) is 5.82 Å². The molecule has 1 aliphatic rings. The maximum Gasteiger partial charge on any atom is 0.277 e. The van der Waals surface area contributed by atoms with Crippen molar-refractivity contribution in [1.82, 2.24) is 4.90 Å². The molecular weight excluding hydrogens is 321 g/mol. The summed E-state index contributed by atoms with van der Waals surface area (Å²) >= 11 is 5.75. The topological polar surface area (TPSA) is 113 Å². The summed E-state index contributed by atoms with van der Waals surface area (Å²) in [6.07, 6.45) is 0.926. The molecule has 0 saturated carbocycles. The number of nitro groups is 1. The molecule has 0 atom stereocenters. The minimum absolute atomic E-state index is 0.199. The Hall–Kier alpha value is -2.52. The average molecular weight is 330 g/mol. The highest BCUT2D eigenvalue weighted by Gasteiger charge is 2.31. The standard InChI is InChI=1S/C12H9ClFN3O5/c13-7-3-6(17(21)22)4-8(14)11(7)15-9-5-10(19)16(1-2-18)12(9)20/h3-5,15,18H,1-2H2. The SMILES string of the molecule is O=C1C=C(Nc2c(F)cc([N+](=O)[O-])cc2Cl)C(=O)N1CCO. The number of aliphatic hydroxyl groups excluding tert-OH is 1. The van der Waals surface area contributed by atoms with Crippen LogP contribution in [-0.4, -0.2) is 39.9 Å². The number of rotatable bonds is 5. The number of non-ortho nitro benzene ring substituents is 1. The van der Waals surface area contributed by atoms with Crippen molar-refractivity contribution in [3.8, 4) is 0 Å². The van der Waals surface area contributed by atoms with E-state index in [0.717, 1.165) is 17.0 Å². The maximum atomic E-state index is 13.9. The van der Waals surface area contributed by atoms with Crippen LogP contribution in [0, 0.1) is 15.9 Å². The van der Waals surface area contributed by atoms with Crippen LogP contribution in [0.25, 0.3) is 0 Å². The van der Waals surface area contributed by atoms with Gasteiger partial charge in [0.25, 0.3) is 17.5 Å². The Bertz CT molecular complexity index is 683. The van der Waals surface area contributed by atoms with Crippen molar-refractivity contribution in [3.05, 3.63) is 44.9 Å². The predicted molar refractivity (Wildman–Crippen MR) is 73.6 cm³/mol. The van der Waals surface area contributed by atoms with E-state index in [1.165, 1.54) is 0 Å². The molecule has 1 heterocycles. The smallest absolute Gasteiger partial charge is 0.277 e. The van der Waals surface area contributed by atoms with E-state index in [4.69, 9.17) is 16.7 Å². The number of nitrogens with zero attached hydrogens (tertiary/aromatic N) is 2. The second kappa shape index (κ2) is 6.08.